The molecule has 0 bridgehead atoms. The monoisotopic (exact) mass is 362 g/mol. The highest BCUT2D eigenvalue weighted by molar-refractivity contribution is 5.79. The van der Waals surface area contributed by atoms with Crippen LogP contribution < -0.4 is 14.8 Å². The van der Waals surface area contributed by atoms with Crippen LogP contribution >= 0.6 is 0 Å². The van der Waals surface area contributed by atoms with Gasteiger partial charge in [0, 0.05) is 6.20 Å². The molecule has 0 aliphatic rings. The highest BCUT2D eigenvalue weighted by Gasteiger charge is 2.18. The van der Waals surface area contributed by atoms with Gasteiger partial charge in [-0.3, -0.25) is 9.78 Å². The van der Waals surface area contributed by atoms with Gasteiger partial charge in [0.05, 0.1) is 32.4 Å². The third-order valence-electron chi connectivity index (χ3n) is 4.23. The summed E-state index contributed by atoms with van der Waals surface area (Å²) in [5.41, 5.74) is 2.62. The van der Waals surface area contributed by atoms with Crippen molar-refractivity contribution in [2.45, 2.75) is 12.5 Å². The molecule has 1 unspecified atom stereocenters. The Morgan fingerprint density at radius 2 is 1.70 bits per heavy atom. The second kappa shape index (κ2) is 8.85. The van der Waals surface area contributed by atoms with Crippen LogP contribution in [-0.4, -0.2) is 25.1 Å². The zero-order chi connectivity index (χ0) is 19.1. The number of benzene rings is 2. The lowest BCUT2D eigenvalue weighted by Crippen LogP contribution is -2.31. The number of carbonyl (C=O) groups excluding carboxylic acids is 1. The Kier molecular flexibility index (Phi) is 6.05. The number of ether oxygens (including phenoxy) is 2. The number of hydrogen-bond donors (Lipinski definition) is 1. The van der Waals surface area contributed by atoms with Crippen molar-refractivity contribution in [2.75, 3.05) is 14.2 Å². The summed E-state index contributed by atoms with van der Waals surface area (Å²) in [5, 5.41) is 3.09. The summed E-state index contributed by atoms with van der Waals surface area (Å²) in [6, 6.07) is 20.7. The van der Waals surface area contributed by atoms with E-state index in [1.54, 1.807) is 26.5 Å². The normalized spacial score (nSPS) is 11.5. The summed E-state index contributed by atoms with van der Waals surface area (Å²) in [7, 11) is 3.16. The van der Waals surface area contributed by atoms with E-state index in [-0.39, 0.29) is 18.4 Å². The molecule has 1 heterocycles. The number of aromatic nitrogens is 1. The van der Waals surface area contributed by atoms with Crippen molar-refractivity contribution in [2.24, 2.45) is 0 Å². The summed E-state index contributed by atoms with van der Waals surface area (Å²) in [4.78, 5) is 17.1. The summed E-state index contributed by atoms with van der Waals surface area (Å²) in [6.07, 6.45) is 1.96. The lowest BCUT2D eigenvalue weighted by Gasteiger charge is -2.19. The number of hydrogen-bond acceptors (Lipinski definition) is 4. The van der Waals surface area contributed by atoms with Gasteiger partial charge < -0.3 is 14.8 Å². The van der Waals surface area contributed by atoms with Crippen molar-refractivity contribution in [3.63, 3.8) is 0 Å². The van der Waals surface area contributed by atoms with Gasteiger partial charge in [-0.25, -0.2) is 0 Å². The molecule has 0 aliphatic heterocycles. The molecule has 138 valence electrons. The minimum atomic E-state index is -0.306. The lowest BCUT2D eigenvalue weighted by atomic mass is 10.0. The summed E-state index contributed by atoms with van der Waals surface area (Å²) < 4.78 is 10.6. The zero-order valence-electron chi connectivity index (χ0n) is 15.4. The molecule has 0 aliphatic carbocycles. The second-order valence-corrected chi connectivity index (χ2v) is 6.03. The molecule has 27 heavy (non-hydrogen) atoms. The van der Waals surface area contributed by atoms with Crippen LogP contribution in [0.25, 0.3) is 0 Å². The van der Waals surface area contributed by atoms with E-state index in [4.69, 9.17) is 9.47 Å². The van der Waals surface area contributed by atoms with E-state index >= 15 is 0 Å². The number of methoxy groups -OCH3 is 2. The lowest BCUT2D eigenvalue weighted by molar-refractivity contribution is -0.121. The van der Waals surface area contributed by atoms with Gasteiger partial charge in [0.2, 0.25) is 5.91 Å². The molecule has 3 rings (SSSR count). The smallest absolute Gasteiger partial charge is 0.225 e. The number of carbonyl (C=O) groups is 1. The largest absolute Gasteiger partial charge is 0.493 e. The molecule has 5 heteroatoms. The fourth-order valence-corrected chi connectivity index (χ4v) is 2.91. The first-order valence-electron chi connectivity index (χ1n) is 8.67. The van der Waals surface area contributed by atoms with Crippen LogP contribution in [0.4, 0.5) is 0 Å². The quantitative estimate of drug-likeness (QED) is 0.698. The average Bonchev–Trinajstić information content (AvgIpc) is 2.73. The SMILES string of the molecule is COc1ccc(CC(=O)NC(c2ccccc2)c2ccccn2)cc1OC. The Morgan fingerprint density at radius 1 is 0.963 bits per heavy atom. The van der Waals surface area contributed by atoms with Crippen LogP contribution in [0.15, 0.2) is 72.9 Å². The fourth-order valence-electron chi connectivity index (χ4n) is 2.91. The maximum Gasteiger partial charge on any atom is 0.225 e. The van der Waals surface area contributed by atoms with Gasteiger partial charge in [0.1, 0.15) is 0 Å². The summed E-state index contributed by atoms with van der Waals surface area (Å²) in [6.45, 7) is 0. The van der Waals surface area contributed by atoms with Gasteiger partial charge in [0.25, 0.3) is 0 Å². The zero-order valence-corrected chi connectivity index (χ0v) is 15.4. The molecule has 0 radical (unpaired) electrons. The Hall–Kier alpha value is -3.34. The predicted octanol–water partition coefficient (Wildman–Crippen LogP) is 3.55. The Morgan fingerprint density at radius 3 is 2.37 bits per heavy atom. The molecule has 0 fully saturated rings. The van der Waals surface area contributed by atoms with E-state index in [1.807, 2.05) is 60.7 Å². The Labute approximate surface area is 159 Å². The first-order chi connectivity index (χ1) is 13.2. The first kappa shape index (κ1) is 18.5. The van der Waals surface area contributed by atoms with Crippen LogP contribution in [0.5, 0.6) is 11.5 Å². The van der Waals surface area contributed by atoms with Gasteiger partial charge in [-0.15, -0.1) is 0 Å². The minimum Gasteiger partial charge on any atom is -0.493 e. The molecular weight excluding hydrogens is 340 g/mol. The van der Waals surface area contributed by atoms with Gasteiger partial charge in [0.15, 0.2) is 11.5 Å². The maximum atomic E-state index is 12.7. The molecule has 0 saturated carbocycles. The molecule has 3 aromatic rings. The molecule has 0 saturated heterocycles. The van der Waals surface area contributed by atoms with E-state index in [2.05, 4.69) is 10.3 Å². The third kappa shape index (κ3) is 4.64. The molecule has 1 aromatic heterocycles. The maximum absolute atomic E-state index is 12.7. The van der Waals surface area contributed by atoms with Crippen LogP contribution in [0.3, 0.4) is 0 Å². The van der Waals surface area contributed by atoms with E-state index < -0.39 is 0 Å². The van der Waals surface area contributed by atoms with Crippen LogP contribution in [0, 0.1) is 0 Å². The molecule has 5 nitrogen and oxygen atoms in total. The van der Waals surface area contributed by atoms with Crippen molar-refractivity contribution in [1.82, 2.24) is 10.3 Å². The highest BCUT2D eigenvalue weighted by atomic mass is 16.5. The number of amides is 1. The number of nitrogens with one attached hydrogen (secondary N) is 1. The summed E-state index contributed by atoms with van der Waals surface area (Å²) >= 11 is 0. The topological polar surface area (TPSA) is 60.5 Å². The van der Waals surface area contributed by atoms with Crippen molar-refractivity contribution in [1.29, 1.82) is 0 Å². The van der Waals surface area contributed by atoms with E-state index in [0.29, 0.717) is 11.5 Å². The minimum absolute atomic E-state index is 0.0956. The molecule has 1 amide bonds. The first-order valence-corrected chi connectivity index (χ1v) is 8.67. The summed E-state index contributed by atoms with van der Waals surface area (Å²) in [5.74, 6) is 1.14. The van der Waals surface area contributed by atoms with E-state index in [0.717, 1.165) is 16.8 Å². The number of nitrogens with zero attached hydrogens (tertiary/aromatic N) is 1. The highest BCUT2D eigenvalue weighted by Crippen LogP contribution is 2.28. The predicted molar refractivity (Wildman–Crippen MR) is 104 cm³/mol. The third-order valence-corrected chi connectivity index (χ3v) is 4.23. The number of rotatable bonds is 7. The fraction of sp³-hybridized carbons (Fsp3) is 0.182. The van der Waals surface area contributed by atoms with Crippen molar-refractivity contribution < 1.29 is 14.3 Å². The van der Waals surface area contributed by atoms with Gasteiger partial charge in [-0.2, -0.15) is 0 Å². The van der Waals surface area contributed by atoms with Crippen molar-refractivity contribution >= 4 is 5.91 Å². The molecule has 1 N–H and O–H groups in total. The van der Waals surface area contributed by atoms with Crippen LogP contribution in [-0.2, 0) is 11.2 Å². The molecule has 0 spiro atoms. The van der Waals surface area contributed by atoms with Gasteiger partial charge in [-0.1, -0.05) is 42.5 Å². The van der Waals surface area contributed by atoms with Crippen molar-refractivity contribution in [3.05, 3.63) is 89.7 Å². The van der Waals surface area contributed by atoms with E-state index in [1.165, 1.54) is 0 Å². The van der Waals surface area contributed by atoms with Gasteiger partial charge in [-0.05, 0) is 35.4 Å². The standard InChI is InChI=1S/C22H22N2O3/c1-26-19-12-11-16(14-20(19)27-2)15-21(25)24-22(17-8-4-3-5-9-17)18-10-6-7-13-23-18/h3-14,22H,15H2,1-2H3,(H,24,25). The van der Waals surface area contributed by atoms with Crippen molar-refractivity contribution in [3.8, 4) is 11.5 Å². The average molecular weight is 362 g/mol. The Balaban J connectivity index is 1.79. The molecule has 2 aromatic carbocycles. The van der Waals surface area contributed by atoms with Gasteiger partial charge >= 0.3 is 0 Å². The van der Waals surface area contributed by atoms with Crippen LogP contribution in [0.2, 0.25) is 0 Å². The van der Waals surface area contributed by atoms with E-state index in [9.17, 15) is 4.79 Å². The Bertz CT molecular complexity index is 843. The van der Waals surface area contributed by atoms with Crippen LogP contribution in [0.1, 0.15) is 22.9 Å². The molecular formula is C22H22N2O3. The second-order valence-electron chi connectivity index (χ2n) is 6.03. The number of pyridine rings is 1. The molecule has 1 atom stereocenters.